The van der Waals surface area contributed by atoms with Crippen molar-refractivity contribution in [2.45, 2.75) is 18.4 Å². The summed E-state index contributed by atoms with van der Waals surface area (Å²) >= 11 is 0. The van der Waals surface area contributed by atoms with Crippen molar-refractivity contribution in [2.75, 3.05) is 27.4 Å². The van der Waals surface area contributed by atoms with Crippen LogP contribution < -0.4 is 8.92 Å². The lowest BCUT2D eigenvalue weighted by Crippen LogP contribution is -2.31. The van der Waals surface area contributed by atoms with Crippen LogP contribution in [0, 0.1) is 0 Å². The number of amides is 1. The first-order chi connectivity index (χ1) is 12.9. The Balaban J connectivity index is 2.06. The van der Waals surface area contributed by atoms with Crippen molar-refractivity contribution in [3.05, 3.63) is 54.1 Å². The number of rotatable bonds is 9. The molecule has 2 rings (SSSR count). The highest BCUT2D eigenvalue weighted by atomic mass is 32.2. The minimum absolute atomic E-state index is 0.0368. The van der Waals surface area contributed by atoms with Gasteiger partial charge in [0.05, 0.1) is 13.7 Å². The molecular formula is C19H23NO6S. The number of hydrogen-bond donors (Lipinski definition) is 0. The summed E-state index contributed by atoms with van der Waals surface area (Å²) < 4.78 is 39.9. The standard InChI is InChI=1S/C19H23NO6S/c1-15(21)20(12-13-24-2)14-16-4-6-18(7-5-16)26-27(22,23)19-10-8-17(25-3)9-11-19/h4-11H,12-14H2,1-3H3. The van der Waals surface area contributed by atoms with Gasteiger partial charge in [-0.1, -0.05) is 12.1 Å². The van der Waals surface area contributed by atoms with E-state index >= 15 is 0 Å². The molecule has 146 valence electrons. The first-order valence-electron chi connectivity index (χ1n) is 8.27. The van der Waals surface area contributed by atoms with E-state index in [-0.39, 0.29) is 16.6 Å². The lowest BCUT2D eigenvalue weighted by Gasteiger charge is -2.20. The highest BCUT2D eigenvalue weighted by Crippen LogP contribution is 2.21. The predicted molar refractivity (Wildman–Crippen MR) is 100 cm³/mol. The quantitative estimate of drug-likeness (QED) is 0.609. The molecule has 0 aromatic heterocycles. The molecule has 0 aliphatic heterocycles. The van der Waals surface area contributed by atoms with Gasteiger partial charge in [-0.25, -0.2) is 0 Å². The van der Waals surface area contributed by atoms with Crippen LogP contribution in [-0.4, -0.2) is 46.6 Å². The van der Waals surface area contributed by atoms with E-state index in [0.29, 0.717) is 25.4 Å². The fraction of sp³-hybridized carbons (Fsp3) is 0.316. The maximum atomic E-state index is 12.3. The van der Waals surface area contributed by atoms with E-state index in [1.807, 2.05) is 0 Å². The maximum absolute atomic E-state index is 12.3. The van der Waals surface area contributed by atoms with Crippen LogP contribution in [0.5, 0.6) is 11.5 Å². The highest BCUT2D eigenvalue weighted by molar-refractivity contribution is 7.87. The van der Waals surface area contributed by atoms with Crippen molar-refractivity contribution in [2.24, 2.45) is 0 Å². The Morgan fingerprint density at radius 3 is 2.07 bits per heavy atom. The van der Waals surface area contributed by atoms with E-state index in [9.17, 15) is 13.2 Å². The summed E-state index contributed by atoms with van der Waals surface area (Å²) in [6.45, 7) is 2.83. The van der Waals surface area contributed by atoms with Gasteiger partial charge in [0.1, 0.15) is 16.4 Å². The highest BCUT2D eigenvalue weighted by Gasteiger charge is 2.17. The summed E-state index contributed by atoms with van der Waals surface area (Å²) in [6, 6.07) is 12.5. The molecule has 27 heavy (non-hydrogen) atoms. The molecule has 0 N–H and O–H groups in total. The molecule has 0 saturated carbocycles. The van der Waals surface area contributed by atoms with Crippen molar-refractivity contribution in [3.8, 4) is 11.5 Å². The second-order valence-electron chi connectivity index (χ2n) is 5.79. The fourth-order valence-electron chi connectivity index (χ4n) is 2.34. The second kappa shape index (κ2) is 9.38. The van der Waals surface area contributed by atoms with Gasteiger partial charge in [0.15, 0.2) is 0 Å². The first kappa shape index (κ1) is 20.7. The van der Waals surface area contributed by atoms with E-state index in [4.69, 9.17) is 13.7 Å². The molecule has 0 aliphatic rings. The van der Waals surface area contributed by atoms with Crippen LogP contribution >= 0.6 is 0 Å². The van der Waals surface area contributed by atoms with Crippen LogP contribution in [0.25, 0.3) is 0 Å². The summed E-state index contributed by atoms with van der Waals surface area (Å²) in [6.07, 6.45) is 0. The molecule has 7 nitrogen and oxygen atoms in total. The van der Waals surface area contributed by atoms with E-state index in [0.717, 1.165) is 5.56 Å². The van der Waals surface area contributed by atoms with E-state index < -0.39 is 10.1 Å². The third-order valence-electron chi connectivity index (χ3n) is 3.86. The third kappa shape index (κ3) is 5.97. The van der Waals surface area contributed by atoms with Gasteiger partial charge in [0, 0.05) is 27.1 Å². The van der Waals surface area contributed by atoms with Crippen molar-refractivity contribution in [1.82, 2.24) is 4.90 Å². The van der Waals surface area contributed by atoms with Crippen molar-refractivity contribution >= 4 is 16.0 Å². The average Bonchev–Trinajstić information content (AvgIpc) is 2.66. The maximum Gasteiger partial charge on any atom is 0.339 e. The monoisotopic (exact) mass is 393 g/mol. The Morgan fingerprint density at radius 2 is 1.56 bits per heavy atom. The molecule has 8 heteroatoms. The Kier molecular flexibility index (Phi) is 7.20. The molecule has 1 amide bonds. The first-order valence-corrected chi connectivity index (χ1v) is 9.68. The van der Waals surface area contributed by atoms with E-state index in [1.54, 1.807) is 48.4 Å². The molecular weight excluding hydrogens is 370 g/mol. The van der Waals surface area contributed by atoms with Crippen molar-refractivity contribution in [3.63, 3.8) is 0 Å². The minimum atomic E-state index is -3.94. The Bertz CT molecular complexity index is 847. The van der Waals surface area contributed by atoms with Crippen LogP contribution in [0.1, 0.15) is 12.5 Å². The third-order valence-corrected chi connectivity index (χ3v) is 5.12. The second-order valence-corrected chi connectivity index (χ2v) is 7.34. The number of carbonyl (C=O) groups is 1. The van der Waals surface area contributed by atoms with Crippen LogP contribution in [0.2, 0.25) is 0 Å². The number of ether oxygens (including phenoxy) is 2. The number of nitrogens with zero attached hydrogens (tertiary/aromatic N) is 1. The number of methoxy groups -OCH3 is 2. The van der Waals surface area contributed by atoms with Gasteiger partial charge in [-0.05, 0) is 42.0 Å². The molecule has 0 spiro atoms. The summed E-state index contributed by atoms with van der Waals surface area (Å²) in [5, 5.41) is 0. The molecule has 2 aromatic carbocycles. The van der Waals surface area contributed by atoms with Crippen LogP contribution in [0.4, 0.5) is 0 Å². The Hall–Kier alpha value is -2.58. The molecule has 0 bridgehead atoms. The van der Waals surface area contributed by atoms with Gasteiger partial charge in [-0.15, -0.1) is 0 Å². The molecule has 0 atom stereocenters. The molecule has 0 aliphatic carbocycles. The zero-order chi connectivity index (χ0) is 19.9. The normalized spacial score (nSPS) is 11.1. The van der Waals surface area contributed by atoms with Gasteiger partial charge in [0.25, 0.3) is 0 Å². The van der Waals surface area contributed by atoms with Crippen LogP contribution in [-0.2, 0) is 26.2 Å². The van der Waals surface area contributed by atoms with Gasteiger partial charge < -0.3 is 18.6 Å². The van der Waals surface area contributed by atoms with Crippen molar-refractivity contribution in [1.29, 1.82) is 0 Å². The number of carbonyl (C=O) groups excluding carboxylic acids is 1. The summed E-state index contributed by atoms with van der Waals surface area (Å²) in [4.78, 5) is 13.4. The van der Waals surface area contributed by atoms with Crippen LogP contribution in [0.3, 0.4) is 0 Å². The molecule has 0 heterocycles. The smallest absolute Gasteiger partial charge is 0.339 e. The van der Waals surface area contributed by atoms with E-state index in [1.165, 1.54) is 26.2 Å². The molecule has 0 radical (unpaired) electrons. The Labute approximate surface area is 159 Å². The van der Waals surface area contributed by atoms with Gasteiger partial charge in [-0.2, -0.15) is 8.42 Å². The average molecular weight is 393 g/mol. The van der Waals surface area contributed by atoms with E-state index in [2.05, 4.69) is 0 Å². The van der Waals surface area contributed by atoms with Gasteiger partial charge >= 0.3 is 10.1 Å². The van der Waals surface area contributed by atoms with Gasteiger partial charge in [0.2, 0.25) is 5.91 Å². The summed E-state index contributed by atoms with van der Waals surface area (Å²) in [7, 11) is -0.855. The number of benzene rings is 2. The summed E-state index contributed by atoms with van der Waals surface area (Å²) in [5.74, 6) is 0.692. The topological polar surface area (TPSA) is 82.1 Å². The van der Waals surface area contributed by atoms with Crippen LogP contribution in [0.15, 0.2) is 53.4 Å². The minimum Gasteiger partial charge on any atom is -0.497 e. The fourth-order valence-corrected chi connectivity index (χ4v) is 3.27. The molecule has 2 aromatic rings. The SMILES string of the molecule is COCCN(Cc1ccc(OS(=O)(=O)c2ccc(OC)cc2)cc1)C(C)=O. The summed E-state index contributed by atoms with van der Waals surface area (Å²) in [5.41, 5.74) is 0.857. The Morgan fingerprint density at radius 1 is 0.963 bits per heavy atom. The zero-order valence-electron chi connectivity index (χ0n) is 15.5. The zero-order valence-corrected chi connectivity index (χ0v) is 16.4. The molecule has 0 unspecified atom stereocenters. The van der Waals surface area contributed by atoms with Crippen molar-refractivity contribution < 1.29 is 26.9 Å². The predicted octanol–water partition coefficient (Wildman–Crippen LogP) is 2.46. The molecule has 0 fully saturated rings. The number of hydrogen-bond acceptors (Lipinski definition) is 6. The largest absolute Gasteiger partial charge is 0.497 e. The lowest BCUT2D eigenvalue weighted by molar-refractivity contribution is -0.130. The lowest BCUT2D eigenvalue weighted by atomic mass is 10.2. The molecule has 0 saturated heterocycles. The van der Waals surface area contributed by atoms with Gasteiger partial charge in [-0.3, -0.25) is 4.79 Å².